The number of hydrogen-bond acceptors (Lipinski definition) is 2. The first-order chi connectivity index (χ1) is 11.3. The Morgan fingerprint density at radius 2 is 1.48 bits per heavy atom. The fourth-order valence-corrected chi connectivity index (χ4v) is 3.90. The van der Waals surface area contributed by atoms with Crippen LogP contribution in [0.5, 0.6) is 0 Å². The number of amides is 1. The molecule has 0 saturated carbocycles. The molecule has 0 radical (unpaired) electrons. The van der Waals surface area contributed by atoms with Crippen molar-refractivity contribution in [2.45, 2.75) is 19.3 Å². The van der Waals surface area contributed by atoms with Crippen molar-refractivity contribution >= 4 is 11.6 Å². The van der Waals surface area contributed by atoms with Crippen LogP contribution in [0.15, 0.2) is 54.6 Å². The topological polar surface area (TPSA) is 32.3 Å². The lowest BCUT2D eigenvalue weighted by Gasteiger charge is -2.32. The number of benzene rings is 2. The van der Waals surface area contributed by atoms with Crippen LogP contribution >= 0.6 is 0 Å². The van der Waals surface area contributed by atoms with Gasteiger partial charge in [-0.15, -0.1) is 0 Å². The van der Waals surface area contributed by atoms with Crippen LogP contribution in [-0.2, 0) is 4.79 Å². The van der Waals surface area contributed by atoms with E-state index in [1.54, 1.807) is 0 Å². The minimum absolute atomic E-state index is 0.108. The highest BCUT2D eigenvalue weighted by Crippen LogP contribution is 2.41. The Kier molecular flexibility index (Phi) is 3.66. The second-order valence-electron chi connectivity index (χ2n) is 6.65. The first-order valence-corrected chi connectivity index (χ1v) is 8.47. The molecule has 2 fully saturated rings. The summed E-state index contributed by atoms with van der Waals surface area (Å²) in [7, 11) is 0. The molecule has 2 aromatic rings. The molecule has 2 aliphatic heterocycles. The molecule has 2 aliphatic rings. The molecule has 2 heterocycles. The maximum atomic E-state index is 12.9. The van der Waals surface area contributed by atoms with Gasteiger partial charge < -0.3 is 10.2 Å². The van der Waals surface area contributed by atoms with Gasteiger partial charge in [-0.25, -0.2) is 0 Å². The Bertz CT molecular complexity index is 687. The van der Waals surface area contributed by atoms with Crippen LogP contribution in [0.2, 0.25) is 0 Å². The minimum Gasteiger partial charge on any atom is -0.317 e. The predicted octanol–water partition coefficient (Wildman–Crippen LogP) is 3.46. The Hall–Kier alpha value is -2.13. The molecule has 2 saturated heterocycles. The van der Waals surface area contributed by atoms with Crippen molar-refractivity contribution in [3.05, 3.63) is 54.6 Å². The summed E-state index contributed by atoms with van der Waals surface area (Å²) in [6.45, 7) is 2.78. The van der Waals surface area contributed by atoms with Gasteiger partial charge in [-0.3, -0.25) is 4.79 Å². The Morgan fingerprint density at radius 3 is 2.17 bits per heavy atom. The van der Waals surface area contributed by atoms with Gasteiger partial charge in [0.25, 0.3) is 0 Å². The van der Waals surface area contributed by atoms with E-state index in [1.807, 2.05) is 23.1 Å². The van der Waals surface area contributed by atoms with Crippen molar-refractivity contribution in [1.82, 2.24) is 5.32 Å². The van der Waals surface area contributed by atoms with Gasteiger partial charge in [0.05, 0.1) is 5.41 Å². The third-order valence-corrected chi connectivity index (χ3v) is 5.36. The average molecular weight is 306 g/mol. The van der Waals surface area contributed by atoms with E-state index in [2.05, 4.69) is 41.7 Å². The molecule has 0 bridgehead atoms. The van der Waals surface area contributed by atoms with Gasteiger partial charge in [-0.1, -0.05) is 42.5 Å². The first-order valence-electron chi connectivity index (χ1n) is 8.47. The number of rotatable bonds is 2. The molecule has 0 aliphatic carbocycles. The van der Waals surface area contributed by atoms with Crippen molar-refractivity contribution in [3.63, 3.8) is 0 Å². The first kappa shape index (κ1) is 14.5. The van der Waals surface area contributed by atoms with Crippen LogP contribution in [-0.4, -0.2) is 25.5 Å². The SMILES string of the molecule is O=C1N(c2ccc(-c3ccccc3)cc2)CCC12CCNCC2. The van der Waals surface area contributed by atoms with Crippen molar-refractivity contribution in [2.75, 3.05) is 24.5 Å². The van der Waals surface area contributed by atoms with Crippen molar-refractivity contribution in [3.8, 4) is 11.1 Å². The number of nitrogens with one attached hydrogen (secondary N) is 1. The molecule has 2 aromatic carbocycles. The third-order valence-electron chi connectivity index (χ3n) is 5.36. The van der Waals surface area contributed by atoms with E-state index in [0.29, 0.717) is 5.91 Å². The van der Waals surface area contributed by atoms with Crippen LogP contribution in [0.3, 0.4) is 0 Å². The minimum atomic E-state index is -0.108. The fourth-order valence-electron chi connectivity index (χ4n) is 3.90. The zero-order chi connectivity index (χ0) is 15.7. The molecule has 1 amide bonds. The van der Waals surface area contributed by atoms with Crippen LogP contribution < -0.4 is 10.2 Å². The molecule has 3 nitrogen and oxygen atoms in total. The fraction of sp³-hybridized carbons (Fsp3) is 0.350. The summed E-state index contributed by atoms with van der Waals surface area (Å²) in [4.78, 5) is 14.9. The summed E-state index contributed by atoms with van der Waals surface area (Å²) in [5.74, 6) is 0.325. The monoisotopic (exact) mass is 306 g/mol. The van der Waals surface area contributed by atoms with Crippen LogP contribution in [0, 0.1) is 5.41 Å². The Labute approximate surface area is 137 Å². The molecule has 0 atom stereocenters. The lowest BCUT2D eigenvalue weighted by Crippen LogP contribution is -2.42. The van der Waals surface area contributed by atoms with Gasteiger partial charge in [0.2, 0.25) is 5.91 Å². The van der Waals surface area contributed by atoms with E-state index in [4.69, 9.17) is 0 Å². The van der Waals surface area contributed by atoms with E-state index in [0.717, 1.165) is 44.6 Å². The second kappa shape index (κ2) is 5.82. The molecule has 0 unspecified atom stereocenters. The lowest BCUT2D eigenvalue weighted by atomic mass is 9.78. The van der Waals surface area contributed by atoms with E-state index in [-0.39, 0.29) is 5.41 Å². The van der Waals surface area contributed by atoms with Crippen LogP contribution in [0.25, 0.3) is 11.1 Å². The lowest BCUT2D eigenvalue weighted by molar-refractivity contribution is -0.126. The van der Waals surface area contributed by atoms with Crippen LogP contribution in [0.1, 0.15) is 19.3 Å². The van der Waals surface area contributed by atoms with Gasteiger partial charge in [-0.05, 0) is 55.6 Å². The van der Waals surface area contributed by atoms with E-state index in [9.17, 15) is 4.79 Å². The molecule has 23 heavy (non-hydrogen) atoms. The van der Waals surface area contributed by atoms with Crippen molar-refractivity contribution in [1.29, 1.82) is 0 Å². The van der Waals surface area contributed by atoms with Gasteiger partial charge in [0.1, 0.15) is 0 Å². The molecule has 0 aromatic heterocycles. The maximum absolute atomic E-state index is 12.9. The van der Waals surface area contributed by atoms with Crippen molar-refractivity contribution < 1.29 is 4.79 Å². The largest absolute Gasteiger partial charge is 0.317 e. The highest BCUT2D eigenvalue weighted by molar-refractivity contribution is 6.00. The number of hydrogen-bond donors (Lipinski definition) is 1. The summed E-state index contributed by atoms with van der Waals surface area (Å²) in [5, 5.41) is 3.37. The molecule has 118 valence electrons. The number of carbonyl (C=O) groups is 1. The quantitative estimate of drug-likeness (QED) is 0.921. The molecule has 4 rings (SSSR count). The smallest absolute Gasteiger partial charge is 0.233 e. The summed E-state index contributed by atoms with van der Waals surface area (Å²) in [6.07, 6.45) is 2.95. The zero-order valence-electron chi connectivity index (χ0n) is 13.3. The third kappa shape index (κ3) is 2.55. The highest BCUT2D eigenvalue weighted by Gasteiger charge is 2.47. The summed E-state index contributed by atoms with van der Waals surface area (Å²) < 4.78 is 0. The average Bonchev–Trinajstić information content (AvgIpc) is 2.93. The molecular weight excluding hydrogens is 284 g/mol. The van der Waals surface area contributed by atoms with Gasteiger partial charge in [0, 0.05) is 12.2 Å². The van der Waals surface area contributed by atoms with Gasteiger partial charge in [0.15, 0.2) is 0 Å². The molecular formula is C20H22N2O. The van der Waals surface area contributed by atoms with Gasteiger partial charge >= 0.3 is 0 Å². The number of carbonyl (C=O) groups excluding carboxylic acids is 1. The van der Waals surface area contributed by atoms with Gasteiger partial charge in [-0.2, -0.15) is 0 Å². The maximum Gasteiger partial charge on any atom is 0.233 e. The van der Waals surface area contributed by atoms with E-state index < -0.39 is 0 Å². The number of nitrogens with zero attached hydrogens (tertiary/aromatic N) is 1. The van der Waals surface area contributed by atoms with E-state index >= 15 is 0 Å². The number of anilines is 1. The molecule has 1 spiro atoms. The zero-order valence-corrected chi connectivity index (χ0v) is 13.3. The van der Waals surface area contributed by atoms with Crippen LogP contribution in [0.4, 0.5) is 5.69 Å². The van der Waals surface area contributed by atoms with Crippen molar-refractivity contribution in [2.24, 2.45) is 5.41 Å². The molecule has 1 N–H and O–H groups in total. The normalized spacial score (nSPS) is 20.2. The Morgan fingerprint density at radius 1 is 0.826 bits per heavy atom. The summed E-state index contributed by atoms with van der Waals surface area (Å²) in [5.41, 5.74) is 3.33. The standard InChI is InChI=1S/C20H22N2O/c23-19-20(10-13-21-14-11-20)12-15-22(19)18-8-6-17(7-9-18)16-4-2-1-3-5-16/h1-9,21H,10-15H2. The highest BCUT2D eigenvalue weighted by atomic mass is 16.2. The Balaban J connectivity index is 1.56. The van der Waals surface area contributed by atoms with E-state index in [1.165, 1.54) is 11.1 Å². The predicted molar refractivity (Wildman–Crippen MR) is 93.4 cm³/mol. The molecule has 3 heteroatoms. The summed E-state index contributed by atoms with van der Waals surface area (Å²) in [6, 6.07) is 18.7. The second-order valence-corrected chi connectivity index (χ2v) is 6.65. The number of piperidine rings is 1. The summed E-state index contributed by atoms with van der Waals surface area (Å²) >= 11 is 0.